The van der Waals surface area contributed by atoms with Crippen LogP contribution in [-0.4, -0.2) is 17.2 Å². The standard InChI is InChI=1S/C9H10N2OS/c1-6-3-4-7-8(5-6)13-9(10-7)11(2)12/h3-5,12H,1-2H3. The second-order valence-corrected chi connectivity index (χ2v) is 4.00. The number of benzene rings is 1. The van der Waals surface area contributed by atoms with Crippen molar-refractivity contribution in [3.63, 3.8) is 0 Å². The molecule has 0 saturated carbocycles. The predicted octanol–water partition coefficient (Wildman–Crippen LogP) is 2.43. The molecule has 0 aliphatic heterocycles. The van der Waals surface area contributed by atoms with Gasteiger partial charge in [0.25, 0.3) is 0 Å². The molecule has 0 saturated heterocycles. The molecule has 0 bridgehead atoms. The lowest BCUT2D eigenvalue weighted by atomic mass is 10.2. The van der Waals surface area contributed by atoms with Crippen LogP contribution in [0.2, 0.25) is 0 Å². The maximum absolute atomic E-state index is 9.18. The molecule has 68 valence electrons. The van der Waals surface area contributed by atoms with E-state index in [0.717, 1.165) is 15.3 Å². The van der Waals surface area contributed by atoms with E-state index in [1.165, 1.54) is 16.9 Å². The summed E-state index contributed by atoms with van der Waals surface area (Å²) >= 11 is 1.48. The number of hydroxylamine groups is 1. The summed E-state index contributed by atoms with van der Waals surface area (Å²) in [6.45, 7) is 2.04. The van der Waals surface area contributed by atoms with Crippen LogP contribution in [0.1, 0.15) is 5.56 Å². The number of hydrogen-bond donors (Lipinski definition) is 1. The second kappa shape index (κ2) is 2.97. The van der Waals surface area contributed by atoms with E-state index in [1.807, 2.05) is 19.1 Å². The maximum atomic E-state index is 9.18. The van der Waals surface area contributed by atoms with Gasteiger partial charge < -0.3 is 0 Å². The van der Waals surface area contributed by atoms with Crippen LogP contribution < -0.4 is 5.06 Å². The minimum atomic E-state index is 0.626. The summed E-state index contributed by atoms with van der Waals surface area (Å²) in [7, 11) is 1.57. The van der Waals surface area contributed by atoms with Gasteiger partial charge in [-0.2, -0.15) is 0 Å². The fourth-order valence-electron chi connectivity index (χ4n) is 1.16. The summed E-state index contributed by atoms with van der Waals surface area (Å²) in [6, 6.07) is 6.05. The first-order valence-corrected chi connectivity index (χ1v) is 4.78. The van der Waals surface area contributed by atoms with Crippen LogP contribution in [0.4, 0.5) is 5.13 Å². The lowest BCUT2D eigenvalue weighted by Gasteiger charge is -2.02. The molecule has 0 aliphatic carbocycles. The molecule has 0 radical (unpaired) electrons. The number of hydrogen-bond acceptors (Lipinski definition) is 4. The van der Waals surface area contributed by atoms with Crippen molar-refractivity contribution < 1.29 is 5.21 Å². The molecule has 0 spiro atoms. The van der Waals surface area contributed by atoms with Gasteiger partial charge in [-0.05, 0) is 24.6 Å². The Kier molecular flexibility index (Phi) is 1.94. The van der Waals surface area contributed by atoms with Gasteiger partial charge >= 0.3 is 0 Å². The van der Waals surface area contributed by atoms with Gasteiger partial charge in [0, 0.05) is 7.05 Å². The summed E-state index contributed by atoms with van der Waals surface area (Å²) in [4.78, 5) is 4.25. The van der Waals surface area contributed by atoms with Gasteiger partial charge in [0.1, 0.15) is 0 Å². The molecule has 0 aliphatic rings. The molecule has 0 amide bonds. The first-order chi connectivity index (χ1) is 6.16. The zero-order valence-electron chi connectivity index (χ0n) is 7.48. The lowest BCUT2D eigenvalue weighted by molar-refractivity contribution is 0.279. The molecule has 0 unspecified atom stereocenters. The van der Waals surface area contributed by atoms with Crippen molar-refractivity contribution >= 4 is 26.7 Å². The van der Waals surface area contributed by atoms with E-state index in [-0.39, 0.29) is 0 Å². The summed E-state index contributed by atoms with van der Waals surface area (Å²) in [5, 5.41) is 10.8. The predicted molar refractivity (Wildman–Crippen MR) is 54.5 cm³/mol. The van der Waals surface area contributed by atoms with Crippen molar-refractivity contribution in [2.45, 2.75) is 6.92 Å². The number of anilines is 1. The number of thiazole rings is 1. The van der Waals surface area contributed by atoms with Crippen LogP contribution in [0.3, 0.4) is 0 Å². The lowest BCUT2D eigenvalue weighted by Crippen LogP contribution is -2.08. The van der Waals surface area contributed by atoms with E-state index >= 15 is 0 Å². The van der Waals surface area contributed by atoms with Crippen LogP contribution in [-0.2, 0) is 0 Å². The number of aromatic nitrogens is 1. The van der Waals surface area contributed by atoms with Crippen molar-refractivity contribution in [2.24, 2.45) is 0 Å². The van der Waals surface area contributed by atoms with E-state index in [1.54, 1.807) is 7.05 Å². The van der Waals surface area contributed by atoms with Crippen LogP contribution in [0.15, 0.2) is 18.2 Å². The smallest absolute Gasteiger partial charge is 0.210 e. The largest absolute Gasteiger partial charge is 0.287 e. The molecular weight excluding hydrogens is 184 g/mol. The van der Waals surface area contributed by atoms with E-state index in [4.69, 9.17) is 0 Å². The minimum Gasteiger partial charge on any atom is -0.287 e. The van der Waals surface area contributed by atoms with Gasteiger partial charge in [0.05, 0.1) is 10.2 Å². The third-order valence-corrected chi connectivity index (χ3v) is 2.89. The highest BCUT2D eigenvalue weighted by Crippen LogP contribution is 2.27. The van der Waals surface area contributed by atoms with E-state index in [2.05, 4.69) is 11.1 Å². The Balaban J connectivity index is 2.62. The molecule has 1 aromatic heterocycles. The van der Waals surface area contributed by atoms with Crippen molar-refractivity contribution in [3.8, 4) is 0 Å². The molecule has 3 nitrogen and oxygen atoms in total. The van der Waals surface area contributed by atoms with Gasteiger partial charge in [0.2, 0.25) is 5.13 Å². The number of fused-ring (bicyclic) bond motifs is 1. The fraction of sp³-hybridized carbons (Fsp3) is 0.222. The average Bonchev–Trinajstić information content (AvgIpc) is 2.46. The number of rotatable bonds is 1. The normalized spacial score (nSPS) is 10.7. The molecule has 2 rings (SSSR count). The Morgan fingerprint density at radius 1 is 1.46 bits per heavy atom. The monoisotopic (exact) mass is 194 g/mol. The van der Waals surface area contributed by atoms with E-state index in [0.29, 0.717) is 5.13 Å². The molecule has 1 aromatic carbocycles. The van der Waals surface area contributed by atoms with Gasteiger partial charge in [-0.1, -0.05) is 17.4 Å². The summed E-state index contributed by atoms with van der Waals surface area (Å²) in [6.07, 6.45) is 0. The minimum absolute atomic E-state index is 0.626. The maximum Gasteiger partial charge on any atom is 0.210 e. The Hall–Kier alpha value is -1.13. The summed E-state index contributed by atoms with van der Waals surface area (Å²) in [5.41, 5.74) is 2.15. The van der Waals surface area contributed by atoms with E-state index < -0.39 is 0 Å². The van der Waals surface area contributed by atoms with Crippen LogP contribution in [0.5, 0.6) is 0 Å². The summed E-state index contributed by atoms with van der Waals surface area (Å²) < 4.78 is 1.11. The topological polar surface area (TPSA) is 36.4 Å². The first kappa shape index (κ1) is 8.47. The molecule has 4 heteroatoms. The van der Waals surface area contributed by atoms with Crippen molar-refractivity contribution in [2.75, 3.05) is 12.1 Å². The second-order valence-electron chi connectivity index (χ2n) is 2.99. The third-order valence-electron chi connectivity index (χ3n) is 1.81. The zero-order valence-corrected chi connectivity index (χ0v) is 8.30. The highest BCUT2D eigenvalue weighted by atomic mass is 32.1. The Bertz CT molecular complexity index is 436. The quantitative estimate of drug-likeness (QED) is 0.708. The van der Waals surface area contributed by atoms with Crippen molar-refractivity contribution in [1.29, 1.82) is 0 Å². The van der Waals surface area contributed by atoms with Crippen LogP contribution in [0, 0.1) is 6.92 Å². The van der Waals surface area contributed by atoms with Gasteiger partial charge in [-0.3, -0.25) is 5.21 Å². The van der Waals surface area contributed by atoms with Gasteiger partial charge in [-0.15, -0.1) is 0 Å². The Morgan fingerprint density at radius 2 is 2.23 bits per heavy atom. The van der Waals surface area contributed by atoms with Crippen LogP contribution in [0.25, 0.3) is 10.2 Å². The Labute approximate surface area is 80.2 Å². The molecule has 1 N–H and O–H groups in total. The number of aryl methyl sites for hydroxylation is 1. The molecule has 0 fully saturated rings. The van der Waals surface area contributed by atoms with Gasteiger partial charge in [-0.25, -0.2) is 10.0 Å². The molecular formula is C9H10N2OS. The summed E-state index contributed by atoms with van der Waals surface area (Å²) in [5.74, 6) is 0. The SMILES string of the molecule is Cc1ccc2nc(N(C)O)sc2c1. The van der Waals surface area contributed by atoms with E-state index in [9.17, 15) is 5.21 Å². The fourth-order valence-corrected chi connectivity index (χ4v) is 2.09. The highest BCUT2D eigenvalue weighted by molar-refractivity contribution is 7.22. The van der Waals surface area contributed by atoms with Crippen molar-refractivity contribution in [3.05, 3.63) is 23.8 Å². The molecule has 0 atom stereocenters. The zero-order chi connectivity index (χ0) is 9.42. The van der Waals surface area contributed by atoms with Crippen LogP contribution >= 0.6 is 11.3 Å². The molecule has 1 heterocycles. The third kappa shape index (κ3) is 1.50. The van der Waals surface area contributed by atoms with Crippen molar-refractivity contribution in [1.82, 2.24) is 4.98 Å². The Morgan fingerprint density at radius 3 is 2.92 bits per heavy atom. The average molecular weight is 194 g/mol. The molecule has 2 aromatic rings. The van der Waals surface area contributed by atoms with Gasteiger partial charge in [0.15, 0.2) is 0 Å². The highest BCUT2D eigenvalue weighted by Gasteiger charge is 2.05. The first-order valence-electron chi connectivity index (χ1n) is 3.96. The molecule has 13 heavy (non-hydrogen) atoms. The number of nitrogens with zero attached hydrogens (tertiary/aromatic N) is 2.